The topological polar surface area (TPSA) is 17.8 Å². The fraction of sp³-hybridized carbons (Fsp3) is 0.136. The zero-order chi connectivity index (χ0) is 18.3. The zero-order valence-corrected chi connectivity index (χ0v) is 16.6. The number of nitrogens with zero attached hydrogens (tertiary/aromatic N) is 2. The number of pyridine rings is 1. The van der Waals surface area contributed by atoms with E-state index in [1.165, 1.54) is 17.8 Å². The van der Waals surface area contributed by atoms with Gasteiger partial charge in [-0.3, -0.25) is 4.98 Å². The summed E-state index contributed by atoms with van der Waals surface area (Å²) in [7, 11) is 0. The molecule has 0 saturated heterocycles. The molecule has 0 unspecified atom stereocenters. The Morgan fingerprint density at radius 2 is 1.78 bits per heavy atom. The van der Waals surface area contributed by atoms with Crippen molar-refractivity contribution in [2.75, 3.05) is 0 Å². The van der Waals surface area contributed by atoms with Crippen molar-refractivity contribution in [3.63, 3.8) is 0 Å². The average molecular weight is 401 g/mol. The molecule has 2 nitrogen and oxygen atoms in total. The number of benzene rings is 2. The number of aryl methyl sites for hydroxylation is 1. The van der Waals surface area contributed by atoms with Gasteiger partial charge in [0.1, 0.15) is 5.82 Å². The molecule has 0 fully saturated rings. The van der Waals surface area contributed by atoms with E-state index in [1.807, 2.05) is 42.6 Å². The van der Waals surface area contributed by atoms with E-state index < -0.39 is 0 Å². The standard InChI is InChI=1S/C22H18ClFN2.ClH/c1-14-15(2)26(13-16-4-3-5-18(23)12-16)22-20(10-11-25-21(14)22)17-6-8-19(24)9-7-17;/h3-12H,13H2,1-2H3;1H. The SMILES string of the molecule is Cc1c(C)n(Cc2cccc(Cl)c2)c2c(-c3ccc(F)cc3)ccnc12.Cl. The first-order valence-corrected chi connectivity index (χ1v) is 8.87. The maximum absolute atomic E-state index is 13.4. The molecule has 5 heteroatoms. The summed E-state index contributed by atoms with van der Waals surface area (Å²) >= 11 is 6.16. The molecule has 2 aromatic carbocycles. The van der Waals surface area contributed by atoms with Crippen LogP contribution in [0.4, 0.5) is 4.39 Å². The van der Waals surface area contributed by atoms with Crippen LogP contribution in [0.2, 0.25) is 5.02 Å². The molecule has 4 rings (SSSR count). The Morgan fingerprint density at radius 3 is 2.48 bits per heavy atom. The van der Waals surface area contributed by atoms with Crippen LogP contribution in [-0.2, 0) is 6.54 Å². The van der Waals surface area contributed by atoms with Crippen LogP contribution in [0.5, 0.6) is 0 Å². The number of rotatable bonds is 3. The lowest BCUT2D eigenvalue weighted by atomic mass is 10.0. The summed E-state index contributed by atoms with van der Waals surface area (Å²) in [5.74, 6) is -0.235. The predicted octanol–water partition coefficient (Wildman–Crippen LogP) is 6.58. The molecule has 0 aliphatic rings. The minimum Gasteiger partial charge on any atom is -0.338 e. The van der Waals surface area contributed by atoms with Gasteiger partial charge in [0.2, 0.25) is 0 Å². The highest BCUT2D eigenvalue weighted by molar-refractivity contribution is 6.30. The fourth-order valence-corrected chi connectivity index (χ4v) is 3.63. The molecular formula is C22H19Cl2FN2. The zero-order valence-electron chi connectivity index (χ0n) is 15.0. The van der Waals surface area contributed by atoms with Crippen molar-refractivity contribution in [2.45, 2.75) is 20.4 Å². The van der Waals surface area contributed by atoms with Crippen molar-refractivity contribution in [2.24, 2.45) is 0 Å². The largest absolute Gasteiger partial charge is 0.338 e. The smallest absolute Gasteiger partial charge is 0.123 e. The summed E-state index contributed by atoms with van der Waals surface area (Å²) in [6, 6.07) is 16.5. The molecule has 0 aliphatic carbocycles. The first kappa shape index (κ1) is 19.4. The van der Waals surface area contributed by atoms with Crippen molar-refractivity contribution >= 4 is 35.0 Å². The van der Waals surface area contributed by atoms with Crippen LogP contribution >= 0.6 is 24.0 Å². The van der Waals surface area contributed by atoms with E-state index >= 15 is 0 Å². The normalized spacial score (nSPS) is 10.8. The average Bonchev–Trinajstić information content (AvgIpc) is 2.88. The molecule has 0 bridgehead atoms. The van der Waals surface area contributed by atoms with E-state index in [1.54, 1.807) is 0 Å². The van der Waals surface area contributed by atoms with E-state index in [-0.39, 0.29) is 18.2 Å². The molecule has 2 heterocycles. The summed E-state index contributed by atoms with van der Waals surface area (Å²) in [4.78, 5) is 4.60. The molecule has 2 aromatic heterocycles. The number of aromatic nitrogens is 2. The molecule has 0 saturated carbocycles. The van der Waals surface area contributed by atoms with Crippen molar-refractivity contribution in [3.05, 3.63) is 88.5 Å². The van der Waals surface area contributed by atoms with E-state index in [0.717, 1.165) is 38.3 Å². The molecule has 27 heavy (non-hydrogen) atoms. The van der Waals surface area contributed by atoms with Gasteiger partial charge in [0.25, 0.3) is 0 Å². The molecule has 0 aliphatic heterocycles. The highest BCUT2D eigenvalue weighted by Gasteiger charge is 2.16. The number of hydrogen-bond donors (Lipinski definition) is 0. The van der Waals surface area contributed by atoms with Crippen LogP contribution in [0.25, 0.3) is 22.2 Å². The summed E-state index contributed by atoms with van der Waals surface area (Å²) in [6.45, 7) is 4.90. The second-order valence-electron chi connectivity index (χ2n) is 6.49. The van der Waals surface area contributed by atoms with Crippen LogP contribution in [0.15, 0.2) is 60.8 Å². The highest BCUT2D eigenvalue weighted by atomic mass is 35.5. The van der Waals surface area contributed by atoms with Crippen LogP contribution in [-0.4, -0.2) is 9.55 Å². The molecule has 4 aromatic rings. The van der Waals surface area contributed by atoms with E-state index in [9.17, 15) is 4.39 Å². The van der Waals surface area contributed by atoms with E-state index in [0.29, 0.717) is 6.54 Å². The maximum atomic E-state index is 13.4. The first-order chi connectivity index (χ1) is 12.5. The van der Waals surface area contributed by atoms with Gasteiger partial charge in [-0.05, 0) is 60.9 Å². The monoisotopic (exact) mass is 400 g/mol. The predicted molar refractivity (Wildman–Crippen MR) is 112 cm³/mol. The van der Waals surface area contributed by atoms with Crippen LogP contribution in [0.1, 0.15) is 16.8 Å². The number of halogens is 3. The third-order valence-corrected chi connectivity index (χ3v) is 5.12. The van der Waals surface area contributed by atoms with Gasteiger partial charge in [0, 0.05) is 29.0 Å². The minimum absolute atomic E-state index is 0. The number of fused-ring (bicyclic) bond motifs is 1. The number of hydrogen-bond acceptors (Lipinski definition) is 1. The second-order valence-corrected chi connectivity index (χ2v) is 6.93. The van der Waals surface area contributed by atoms with Crippen LogP contribution < -0.4 is 0 Å². The lowest BCUT2D eigenvalue weighted by Gasteiger charge is -2.12. The molecular weight excluding hydrogens is 382 g/mol. The van der Waals surface area contributed by atoms with Crippen molar-refractivity contribution in [1.29, 1.82) is 0 Å². The minimum atomic E-state index is -0.235. The molecule has 0 atom stereocenters. The second kappa shape index (κ2) is 7.71. The Kier molecular flexibility index (Phi) is 5.54. The van der Waals surface area contributed by atoms with Crippen molar-refractivity contribution in [3.8, 4) is 11.1 Å². The van der Waals surface area contributed by atoms with Gasteiger partial charge < -0.3 is 4.57 Å². The third-order valence-electron chi connectivity index (χ3n) is 4.88. The Hall–Kier alpha value is -2.36. The van der Waals surface area contributed by atoms with Crippen molar-refractivity contribution < 1.29 is 4.39 Å². The Balaban J connectivity index is 0.00000210. The van der Waals surface area contributed by atoms with E-state index in [2.05, 4.69) is 29.5 Å². The first-order valence-electron chi connectivity index (χ1n) is 8.49. The van der Waals surface area contributed by atoms with Crippen molar-refractivity contribution in [1.82, 2.24) is 9.55 Å². The molecule has 0 N–H and O–H groups in total. The van der Waals surface area contributed by atoms with Gasteiger partial charge in [0.05, 0.1) is 11.0 Å². The Morgan fingerprint density at radius 1 is 1.04 bits per heavy atom. The Labute approximate surface area is 169 Å². The molecule has 0 radical (unpaired) electrons. The summed E-state index contributed by atoms with van der Waals surface area (Å²) in [5.41, 5.74) is 7.52. The van der Waals surface area contributed by atoms with Gasteiger partial charge in [-0.1, -0.05) is 35.9 Å². The van der Waals surface area contributed by atoms with Gasteiger partial charge >= 0.3 is 0 Å². The summed E-state index contributed by atoms with van der Waals surface area (Å²) < 4.78 is 15.6. The Bertz CT molecular complexity index is 1100. The quantitative estimate of drug-likeness (QED) is 0.379. The molecule has 0 spiro atoms. The van der Waals surface area contributed by atoms with Crippen LogP contribution in [0, 0.1) is 19.7 Å². The lowest BCUT2D eigenvalue weighted by Crippen LogP contribution is -2.03. The van der Waals surface area contributed by atoms with Crippen LogP contribution in [0.3, 0.4) is 0 Å². The van der Waals surface area contributed by atoms with Gasteiger partial charge in [-0.15, -0.1) is 12.4 Å². The third kappa shape index (κ3) is 3.58. The van der Waals surface area contributed by atoms with Gasteiger partial charge in [0.15, 0.2) is 0 Å². The molecule has 138 valence electrons. The highest BCUT2D eigenvalue weighted by Crippen LogP contribution is 2.33. The summed E-state index contributed by atoms with van der Waals surface area (Å²) in [6.07, 6.45) is 1.82. The van der Waals surface area contributed by atoms with E-state index in [4.69, 9.17) is 11.6 Å². The fourth-order valence-electron chi connectivity index (χ4n) is 3.42. The van der Waals surface area contributed by atoms with Gasteiger partial charge in [-0.2, -0.15) is 0 Å². The maximum Gasteiger partial charge on any atom is 0.123 e. The summed E-state index contributed by atoms with van der Waals surface area (Å²) in [5, 5.41) is 0.727. The molecule has 0 amide bonds. The van der Waals surface area contributed by atoms with Gasteiger partial charge in [-0.25, -0.2) is 4.39 Å². The lowest BCUT2D eigenvalue weighted by molar-refractivity contribution is 0.628.